The van der Waals surface area contributed by atoms with Crippen LogP contribution in [0.2, 0.25) is 0 Å². The maximum Gasteiger partial charge on any atom is 0 e. The van der Waals surface area contributed by atoms with Crippen molar-refractivity contribution in [2.24, 2.45) is 0 Å². The van der Waals surface area contributed by atoms with Gasteiger partial charge in [-0.15, -0.1) is 0 Å². The molecule has 9 heavy (non-hydrogen) atoms. The third kappa shape index (κ3) is 9.07. The van der Waals surface area contributed by atoms with Gasteiger partial charge in [0.25, 0.3) is 0 Å². The van der Waals surface area contributed by atoms with Crippen LogP contribution in [-0.2, 0) is 61.3 Å². The van der Waals surface area contributed by atoms with Crippen LogP contribution in [0.4, 0.5) is 0 Å². The molecular weight excluding hydrogens is 635 g/mol. The third-order valence-corrected chi connectivity index (χ3v) is 0.358. The van der Waals surface area contributed by atoms with Gasteiger partial charge in [0.2, 0.25) is 0 Å². The first-order valence-electron chi connectivity index (χ1n) is 1.47. The number of rotatable bonds is 0. The van der Waals surface area contributed by atoms with Crippen LogP contribution in [0.1, 0.15) is 0 Å². The second-order valence-electron chi connectivity index (χ2n) is 0.726. The molecule has 5 heteroatoms. The van der Waals surface area contributed by atoms with Crippen molar-refractivity contribution in [3.05, 3.63) is 24.8 Å². The van der Waals surface area contributed by atoms with Crippen molar-refractivity contribution < 1.29 is 61.3 Å². The van der Waals surface area contributed by atoms with Gasteiger partial charge >= 0.3 is 0 Å². The van der Waals surface area contributed by atoms with Gasteiger partial charge in [-0.3, -0.25) is 0 Å². The van der Waals surface area contributed by atoms with E-state index in [-0.39, 0.29) is 61.3 Å². The SMILES string of the molecule is [Re].[Re].[Re].[c-]1c[c-]n[c-]n1. The summed E-state index contributed by atoms with van der Waals surface area (Å²) in [6, 6.07) is 1.50. The minimum absolute atomic E-state index is 0. The van der Waals surface area contributed by atoms with Gasteiger partial charge in [0, 0.05) is 61.3 Å². The molecule has 3 radical (unpaired) electrons. The summed E-state index contributed by atoms with van der Waals surface area (Å²) in [6.45, 7) is 0. The molecule has 0 N–H and O–H groups in total. The smallest absolute Gasteiger partial charge is 0 e. The molecule has 51 valence electrons. The molecule has 0 fully saturated rings. The van der Waals surface area contributed by atoms with Crippen LogP contribution in [0, 0.1) is 18.7 Å². The van der Waals surface area contributed by atoms with Crippen molar-refractivity contribution >= 4 is 0 Å². The Balaban J connectivity index is -0.000000120. The predicted molar refractivity (Wildman–Crippen MR) is 18.5 cm³/mol. The predicted octanol–water partition coefficient (Wildman–Crippen LogP) is -0.130. The summed E-state index contributed by atoms with van der Waals surface area (Å²) in [5.41, 5.74) is 0. The largest absolute Gasteiger partial charge is 0.663 e. The number of aromatic nitrogens is 2. The summed E-state index contributed by atoms with van der Waals surface area (Å²) in [5.74, 6) is 0. The van der Waals surface area contributed by atoms with Gasteiger partial charge in [0.15, 0.2) is 0 Å². The fourth-order valence-electron chi connectivity index (χ4n) is 0.176. The Morgan fingerprint density at radius 2 is 1.33 bits per heavy atom. The summed E-state index contributed by atoms with van der Waals surface area (Å²) >= 11 is 0. The maximum atomic E-state index is 3.39. The Hall–Kier alpha value is 1.07. The van der Waals surface area contributed by atoms with Crippen molar-refractivity contribution in [1.29, 1.82) is 0 Å². The monoisotopic (exact) mass is 638 g/mol. The van der Waals surface area contributed by atoms with Crippen LogP contribution in [0.25, 0.3) is 0 Å². The number of hydrogen-bond acceptors (Lipinski definition) is 2. The minimum Gasteiger partial charge on any atom is -0.663 e. The van der Waals surface area contributed by atoms with E-state index in [9.17, 15) is 0 Å². The molecule has 0 spiro atoms. The van der Waals surface area contributed by atoms with E-state index in [2.05, 4.69) is 28.7 Å². The van der Waals surface area contributed by atoms with E-state index in [1.807, 2.05) is 0 Å². The Bertz CT molecular complexity index is 85.7. The van der Waals surface area contributed by atoms with Crippen LogP contribution in [0.3, 0.4) is 0 Å². The zero-order chi connectivity index (χ0) is 4.24. The van der Waals surface area contributed by atoms with Crippen molar-refractivity contribution in [2.45, 2.75) is 0 Å². The van der Waals surface area contributed by atoms with Crippen LogP contribution in [0.5, 0.6) is 0 Å². The van der Waals surface area contributed by atoms with Crippen molar-refractivity contribution in [3.63, 3.8) is 0 Å². The van der Waals surface area contributed by atoms with E-state index in [4.69, 9.17) is 0 Å². The van der Waals surface area contributed by atoms with Gasteiger partial charge < -0.3 is 34.8 Å². The molecule has 0 amide bonds. The van der Waals surface area contributed by atoms with Gasteiger partial charge in [-0.05, 0) is 0 Å². The average Bonchev–Trinajstić information content (AvgIpc) is 1.72. The topological polar surface area (TPSA) is 25.8 Å². The Labute approximate surface area is 95.2 Å². The molecule has 0 aliphatic rings. The first kappa shape index (κ1) is 16.6. The first-order chi connectivity index (χ1) is 3.00. The summed E-state index contributed by atoms with van der Waals surface area (Å²) in [5, 5.41) is 0. The molecule has 0 saturated carbocycles. The molecule has 1 heterocycles. The normalized spacial score (nSPS) is 5.33. The fraction of sp³-hybridized carbons (Fsp3) is 0. The Morgan fingerprint density at radius 3 is 1.44 bits per heavy atom. The summed E-state index contributed by atoms with van der Waals surface area (Å²) in [6.07, 6.45) is 7.22. The Kier molecular flexibility index (Phi) is 21.8. The molecule has 1 aromatic rings. The molecule has 0 bridgehead atoms. The van der Waals surface area contributed by atoms with Gasteiger partial charge in [0.05, 0.1) is 0 Å². The van der Waals surface area contributed by atoms with E-state index >= 15 is 0 Å². The second-order valence-corrected chi connectivity index (χ2v) is 0.726. The van der Waals surface area contributed by atoms with Gasteiger partial charge in [-0.25, -0.2) is 0 Å². The van der Waals surface area contributed by atoms with E-state index in [0.717, 1.165) is 0 Å². The van der Waals surface area contributed by atoms with E-state index in [1.165, 1.54) is 6.07 Å². The summed E-state index contributed by atoms with van der Waals surface area (Å²) in [4.78, 5) is 6.78. The first-order valence-corrected chi connectivity index (χ1v) is 1.47. The molecule has 0 aliphatic heterocycles. The van der Waals surface area contributed by atoms with Gasteiger partial charge in [-0.2, -0.15) is 0 Å². The van der Waals surface area contributed by atoms with Crippen LogP contribution in [0.15, 0.2) is 6.07 Å². The van der Waals surface area contributed by atoms with E-state index in [1.54, 1.807) is 0 Å². The van der Waals surface area contributed by atoms with E-state index < -0.39 is 0 Å². The summed E-state index contributed by atoms with van der Waals surface area (Å²) < 4.78 is 0. The average molecular weight is 636 g/mol. The number of nitrogens with zero attached hydrogens (tertiary/aromatic N) is 2. The van der Waals surface area contributed by atoms with Gasteiger partial charge in [-0.1, -0.05) is 0 Å². The van der Waals surface area contributed by atoms with Crippen molar-refractivity contribution in [2.75, 3.05) is 0 Å². The molecular formula is C4HN2Re3-3. The van der Waals surface area contributed by atoms with Crippen molar-refractivity contribution in [1.82, 2.24) is 9.97 Å². The van der Waals surface area contributed by atoms with Crippen LogP contribution < -0.4 is 0 Å². The quantitative estimate of drug-likeness (QED) is 0.372. The van der Waals surface area contributed by atoms with Crippen LogP contribution >= 0.6 is 0 Å². The Morgan fingerprint density at radius 1 is 0.889 bits per heavy atom. The molecule has 1 aromatic heterocycles. The standard InChI is InChI=1S/C4HN2.3Re/c1-2-5-4-6-3-1;;;/h1H;;;/q-3;;;. The zero-order valence-electron chi connectivity index (χ0n) is 4.11. The molecule has 0 aromatic carbocycles. The van der Waals surface area contributed by atoms with Gasteiger partial charge in [0.1, 0.15) is 0 Å². The fourth-order valence-corrected chi connectivity index (χ4v) is 0.176. The summed E-state index contributed by atoms with van der Waals surface area (Å²) in [7, 11) is 0. The second kappa shape index (κ2) is 11.8. The molecule has 0 unspecified atom stereocenters. The zero-order valence-corrected chi connectivity index (χ0v) is 12.3. The third-order valence-electron chi connectivity index (χ3n) is 0.358. The molecule has 0 atom stereocenters. The molecule has 0 saturated heterocycles. The maximum absolute atomic E-state index is 3.39. The van der Waals surface area contributed by atoms with Crippen LogP contribution in [-0.4, -0.2) is 9.97 Å². The number of hydrogen-bond donors (Lipinski definition) is 0. The van der Waals surface area contributed by atoms with E-state index in [0.29, 0.717) is 0 Å². The van der Waals surface area contributed by atoms with Crippen molar-refractivity contribution in [3.8, 4) is 0 Å². The molecule has 0 aliphatic carbocycles. The molecule has 2 nitrogen and oxygen atoms in total. The molecule has 1 rings (SSSR count). The minimum atomic E-state index is 0.